The average molecular weight is 272 g/mol. The first-order valence-corrected chi connectivity index (χ1v) is 5.41. The number of amides is 1. The van der Waals surface area contributed by atoms with Crippen LogP contribution in [0.25, 0.3) is 0 Å². The minimum Gasteiger partial charge on any atom is -0.467 e. The van der Waals surface area contributed by atoms with Crippen molar-refractivity contribution < 1.29 is 9.21 Å². The summed E-state index contributed by atoms with van der Waals surface area (Å²) in [6.07, 6.45) is 1.53. The third kappa shape index (κ3) is 2.95. The zero-order valence-electron chi connectivity index (χ0n) is 8.48. The first-order chi connectivity index (χ1) is 8.16. The minimum atomic E-state index is -0.386. The number of hydrogen-bond acceptors (Lipinski definition) is 4. The molecule has 0 unspecified atom stereocenters. The highest BCUT2D eigenvalue weighted by molar-refractivity contribution is 6.34. The first kappa shape index (κ1) is 11.9. The molecule has 0 aromatic carbocycles. The van der Waals surface area contributed by atoms with Gasteiger partial charge < -0.3 is 9.73 Å². The summed E-state index contributed by atoms with van der Waals surface area (Å²) >= 11 is 11.4. The number of nitrogens with zero attached hydrogens (tertiary/aromatic N) is 2. The molecule has 0 bridgehead atoms. The lowest BCUT2D eigenvalue weighted by Gasteiger charge is -2.04. The van der Waals surface area contributed by atoms with Gasteiger partial charge in [0.1, 0.15) is 5.76 Å². The van der Waals surface area contributed by atoms with Crippen molar-refractivity contribution in [2.45, 2.75) is 6.54 Å². The van der Waals surface area contributed by atoms with Crippen molar-refractivity contribution >= 4 is 29.1 Å². The number of nitrogens with one attached hydrogen (secondary N) is 1. The molecule has 1 amide bonds. The lowest BCUT2D eigenvalue weighted by atomic mass is 10.3. The topological polar surface area (TPSA) is 68.0 Å². The molecule has 2 heterocycles. The molecule has 0 aliphatic carbocycles. The van der Waals surface area contributed by atoms with E-state index in [1.54, 1.807) is 12.1 Å². The van der Waals surface area contributed by atoms with Gasteiger partial charge in [0, 0.05) is 0 Å². The Labute approximate surface area is 107 Å². The zero-order chi connectivity index (χ0) is 12.3. The summed E-state index contributed by atoms with van der Waals surface area (Å²) in [7, 11) is 0. The van der Waals surface area contributed by atoms with Gasteiger partial charge in [0.25, 0.3) is 5.91 Å². The molecule has 88 valence electrons. The third-order valence-electron chi connectivity index (χ3n) is 1.97. The minimum absolute atomic E-state index is 0.00587. The van der Waals surface area contributed by atoms with Crippen LogP contribution in [0.15, 0.2) is 28.9 Å². The molecule has 2 rings (SSSR count). The molecule has 0 atom stereocenters. The number of hydrogen-bond donors (Lipinski definition) is 1. The second-order valence-electron chi connectivity index (χ2n) is 3.13. The van der Waals surface area contributed by atoms with Crippen molar-refractivity contribution in [3.05, 3.63) is 46.1 Å². The standard InChI is InChI=1S/C10H7Cl2N3O2/c11-8-4-7(9(12)15-14-8)10(16)13-5-6-2-1-3-17-6/h1-4H,5H2,(H,13,16). The molecule has 2 aromatic rings. The summed E-state index contributed by atoms with van der Waals surface area (Å²) in [6.45, 7) is 0.266. The molecule has 0 aliphatic heterocycles. The smallest absolute Gasteiger partial charge is 0.254 e. The van der Waals surface area contributed by atoms with Crippen molar-refractivity contribution in [3.63, 3.8) is 0 Å². The molecule has 0 fully saturated rings. The second-order valence-corrected chi connectivity index (χ2v) is 3.88. The van der Waals surface area contributed by atoms with Crippen LogP contribution in [0, 0.1) is 0 Å². The number of rotatable bonds is 3. The van der Waals surface area contributed by atoms with Crippen LogP contribution in [-0.4, -0.2) is 16.1 Å². The van der Waals surface area contributed by atoms with Crippen molar-refractivity contribution in [1.82, 2.24) is 15.5 Å². The van der Waals surface area contributed by atoms with E-state index in [0.29, 0.717) is 5.76 Å². The first-order valence-electron chi connectivity index (χ1n) is 4.66. The molecule has 0 saturated heterocycles. The van der Waals surface area contributed by atoms with Crippen LogP contribution in [-0.2, 0) is 6.54 Å². The summed E-state index contributed by atoms with van der Waals surface area (Å²) in [6, 6.07) is 4.84. The van der Waals surface area contributed by atoms with E-state index in [9.17, 15) is 4.79 Å². The Hall–Kier alpha value is -1.59. The maximum absolute atomic E-state index is 11.7. The molecule has 5 nitrogen and oxygen atoms in total. The SMILES string of the molecule is O=C(NCc1ccco1)c1cc(Cl)nnc1Cl. The Morgan fingerprint density at radius 3 is 2.94 bits per heavy atom. The second kappa shape index (κ2) is 5.16. The fraction of sp³-hybridized carbons (Fsp3) is 0.100. The predicted octanol–water partition coefficient (Wildman–Crippen LogP) is 2.31. The normalized spacial score (nSPS) is 10.2. The summed E-state index contributed by atoms with van der Waals surface area (Å²) in [4.78, 5) is 11.7. The summed E-state index contributed by atoms with van der Waals surface area (Å²) in [5.74, 6) is 0.255. The van der Waals surface area contributed by atoms with Crippen molar-refractivity contribution in [1.29, 1.82) is 0 Å². The molecule has 1 N–H and O–H groups in total. The predicted molar refractivity (Wildman–Crippen MR) is 61.9 cm³/mol. The highest BCUT2D eigenvalue weighted by Gasteiger charge is 2.13. The average Bonchev–Trinajstić information content (AvgIpc) is 2.82. The fourth-order valence-corrected chi connectivity index (χ4v) is 1.51. The van der Waals surface area contributed by atoms with E-state index < -0.39 is 0 Å². The van der Waals surface area contributed by atoms with Crippen molar-refractivity contribution in [3.8, 4) is 0 Å². The summed E-state index contributed by atoms with van der Waals surface area (Å²) in [5.41, 5.74) is 0.179. The van der Waals surface area contributed by atoms with Crippen LogP contribution in [0.5, 0.6) is 0 Å². The van der Waals surface area contributed by atoms with E-state index in [-0.39, 0.29) is 28.3 Å². The molecule has 0 radical (unpaired) electrons. The Morgan fingerprint density at radius 1 is 1.41 bits per heavy atom. The van der Waals surface area contributed by atoms with Crippen LogP contribution < -0.4 is 5.32 Å². The van der Waals surface area contributed by atoms with Crippen LogP contribution in [0.2, 0.25) is 10.3 Å². The zero-order valence-corrected chi connectivity index (χ0v) is 10.00. The van der Waals surface area contributed by atoms with Gasteiger partial charge in [-0.3, -0.25) is 4.79 Å². The molecule has 0 spiro atoms. The Bertz CT molecular complexity index is 528. The number of furan rings is 1. The van der Waals surface area contributed by atoms with Crippen LogP contribution in [0.1, 0.15) is 16.1 Å². The van der Waals surface area contributed by atoms with E-state index in [4.69, 9.17) is 27.6 Å². The Balaban J connectivity index is 2.07. The fourth-order valence-electron chi connectivity index (χ4n) is 1.19. The number of halogens is 2. The number of aromatic nitrogens is 2. The van der Waals surface area contributed by atoms with Gasteiger partial charge in [0.2, 0.25) is 0 Å². The highest BCUT2D eigenvalue weighted by atomic mass is 35.5. The summed E-state index contributed by atoms with van der Waals surface area (Å²) in [5, 5.41) is 9.80. The quantitative estimate of drug-likeness (QED) is 0.930. The van der Waals surface area contributed by atoms with Crippen LogP contribution >= 0.6 is 23.2 Å². The third-order valence-corrected chi connectivity index (χ3v) is 2.43. The van der Waals surface area contributed by atoms with Gasteiger partial charge in [0.15, 0.2) is 10.3 Å². The Morgan fingerprint density at radius 2 is 2.24 bits per heavy atom. The van der Waals surface area contributed by atoms with Gasteiger partial charge >= 0.3 is 0 Å². The largest absolute Gasteiger partial charge is 0.467 e. The van der Waals surface area contributed by atoms with Gasteiger partial charge in [-0.15, -0.1) is 10.2 Å². The number of carbonyl (C=O) groups is 1. The van der Waals surface area contributed by atoms with Crippen LogP contribution in [0.4, 0.5) is 0 Å². The molecule has 17 heavy (non-hydrogen) atoms. The van der Waals surface area contributed by atoms with E-state index in [1.807, 2.05) is 0 Å². The highest BCUT2D eigenvalue weighted by Crippen LogP contribution is 2.15. The van der Waals surface area contributed by atoms with Crippen molar-refractivity contribution in [2.75, 3.05) is 0 Å². The van der Waals surface area contributed by atoms with Gasteiger partial charge in [-0.2, -0.15) is 0 Å². The van der Waals surface area contributed by atoms with E-state index in [2.05, 4.69) is 15.5 Å². The van der Waals surface area contributed by atoms with Gasteiger partial charge in [-0.25, -0.2) is 0 Å². The van der Waals surface area contributed by atoms with E-state index >= 15 is 0 Å². The lowest BCUT2D eigenvalue weighted by Crippen LogP contribution is -2.23. The molecule has 2 aromatic heterocycles. The van der Waals surface area contributed by atoms with Crippen LogP contribution in [0.3, 0.4) is 0 Å². The number of carbonyl (C=O) groups excluding carboxylic acids is 1. The maximum atomic E-state index is 11.7. The van der Waals surface area contributed by atoms with E-state index in [1.165, 1.54) is 12.3 Å². The van der Waals surface area contributed by atoms with Gasteiger partial charge in [0.05, 0.1) is 18.4 Å². The van der Waals surface area contributed by atoms with E-state index in [0.717, 1.165) is 0 Å². The molecule has 0 aliphatic rings. The maximum Gasteiger partial charge on any atom is 0.254 e. The molecule has 7 heteroatoms. The van der Waals surface area contributed by atoms with Gasteiger partial charge in [-0.05, 0) is 18.2 Å². The van der Waals surface area contributed by atoms with Gasteiger partial charge in [-0.1, -0.05) is 23.2 Å². The monoisotopic (exact) mass is 271 g/mol. The molecular formula is C10H7Cl2N3O2. The molecule has 0 saturated carbocycles. The van der Waals surface area contributed by atoms with Crippen molar-refractivity contribution in [2.24, 2.45) is 0 Å². The lowest BCUT2D eigenvalue weighted by molar-refractivity contribution is 0.0947. The summed E-state index contributed by atoms with van der Waals surface area (Å²) < 4.78 is 5.07. The Kier molecular flexibility index (Phi) is 3.61. The molecular weight excluding hydrogens is 265 g/mol.